The number of furan rings is 1. The fraction of sp³-hybridized carbons (Fsp3) is 0.290. The Hall–Kier alpha value is -3.52. The van der Waals surface area contributed by atoms with Gasteiger partial charge < -0.3 is 19.4 Å². The molecule has 7 nitrogen and oxygen atoms in total. The second-order valence-electron chi connectivity index (χ2n) is 9.84. The standard InChI is InChI=1S/C31H31Cl2N3O4/c1-2-3-16-39-31(38)36-14-12-35(13-15-36)20-21-8-9-22-19-29(40-28(22)17-21)24-6-4-5-7-27(24)34-30(37)23-10-11-25(32)26(33)18-23/h4-11,17-19H,2-3,12-16,20H2,1H3,(H,34,37). The summed E-state index contributed by atoms with van der Waals surface area (Å²) in [6, 6.07) is 20.5. The van der Waals surface area contributed by atoms with Crippen molar-refractivity contribution >= 4 is 51.9 Å². The van der Waals surface area contributed by atoms with Gasteiger partial charge >= 0.3 is 6.09 Å². The van der Waals surface area contributed by atoms with Crippen molar-refractivity contribution in [3.63, 3.8) is 0 Å². The molecule has 9 heteroatoms. The van der Waals surface area contributed by atoms with Crippen LogP contribution in [0.25, 0.3) is 22.3 Å². The summed E-state index contributed by atoms with van der Waals surface area (Å²) in [5.74, 6) is 0.367. The lowest BCUT2D eigenvalue weighted by molar-refractivity contribution is 0.0737. The van der Waals surface area contributed by atoms with Gasteiger partial charge in [-0.15, -0.1) is 0 Å². The molecule has 0 spiro atoms. The van der Waals surface area contributed by atoms with Gasteiger partial charge in [0.15, 0.2) is 0 Å². The van der Waals surface area contributed by atoms with Gasteiger partial charge in [-0.1, -0.05) is 60.8 Å². The van der Waals surface area contributed by atoms with Crippen LogP contribution in [0.2, 0.25) is 10.0 Å². The van der Waals surface area contributed by atoms with E-state index in [0.29, 0.717) is 46.8 Å². The first-order chi connectivity index (χ1) is 19.4. The normalized spacial score (nSPS) is 13.9. The van der Waals surface area contributed by atoms with Crippen molar-refractivity contribution in [3.05, 3.63) is 87.9 Å². The molecule has 2 heterocycles. The summed E-state index contributed by atoms with van der Waals surface area (Å²) in [6.45, 7) is 6.21. The fourth-order valence-corrected chi connectivity index (χ4v) is 4.99. The third-order valence-corrected chi connectivity index (χ3v) is 7.71. The summed E-state index contributed by atoms with van der Waals surface area (Å²) in [4.78, 5) is 29.2. The van der Waals surface area contributed by atoms with Crippen molar-refractivity contribution in [2.75, 3.05) is 38.1 Å². The zero-order chi connectivity index (χ0) is 28.1. The summed E-state index contributed by atoms with van der Waals surface area (Å²) in [7, 11) is 0. The summed E-state index contributed by atoms with van der Waals surface area (Å²) in [5.41, 5.74) is 3.72. The highest BCUT2D eigenvalue weighted by molar-refractivity contribution is 6.42. The van der Waals surface area contributed by atoms with E-state index in [9.17, 15) is 9.59 Å². The molecule has 1 aliphatic rings. The molecule has 1 N–H and O–H groups in total. The predicted octanol–water partition coefficient (Wildman–Crippen LogP) is 7.71. The van der Waals surface area contributed by atoms with Gasteiger partial charge in [-0.2, -0.15) is 0 Å². The first-order valence-electron chi connectivity index (χ1n) is 13.4. The van der Waals surface area contributed by atoms with Crippen LogP contribution < -0.4 is 5.32 Å². The molecule has 3 aromatic carbocycles. The maximum absolute atomic E-state index is 12.9. The highest BCUT2D eigenvalue weighted by atomic mass is 35.5. The van der Waals surface area contributed by atoms with E-state index < -0.39 is 0 Å². The molecular weight excluding hydrogens is 549 g/mol. The van der Waals surface area contributed by atoms with Crippen molar-refractivity contribution in [2.45, 2.75) is 26.3 Å². The van der Waals surface area contributed by atoms with Crippen molar-refractivity contribution in [1.82, 2.24) is 9.80 Å². The minimum absolute atomic E-state index is 0.217. The smallest absolute Gasteiger partial charge is 0.409 e. The van der Waals surface area contributed by atoms with E-state index in [1.54, 1.807) is 23.1 Å². The SMILES string of the molecule is CCCCOC(=O)N1CCN(Cc2ccc3cc(-c4ccccc4NC(=O)c4ccc(Cl)c(Cl)c4)oc3c2)CC1. The van der Waals surface area contributed by atoms with E-state index >= 15 is 0 Å². The third kappa shape index (κ3) is 6.61. The van der Waals surface area contributed by atoms with E-state index in [2.05, 4.69) is 35.3 Å². The number of hydrogen-bond acceptors (Lipinski definition) is 5. The van der Waals surface area contributed by atoms with Crippen LogP contribution in [-0.4, -0.2) is 54.6 Å². The monoisotopic (exact) mass is 579 g/mol. The molecule has 1 aliphatic heterocycles. The highest BCUT2D eigenvalue weighted by Gasteiger charge is 2.22. The van der Waals surface area contributed by atoms with Gasteiger partial charge in [0.25, 0.3) is 5.91 Å². The molecule has 1 aromatic heterocycles. The average Bonchev–Trinajstić information content (AvgIpc) is 3.38. The first-order valence-corrected chi connectivity index (χ1v) is 14.2. The number of carbonyl (C=O) groups is 2. The van der Waals surface area contributed by atoms with Gasteiger partial charge in [0.1, 0.15) is 11.3 Å². The molecular formula is C31H31Cl2N3O4. The Morgan fingerprint density at radius 1 is 0.950 bits per heavy atom. The summed E-state index contributed by atoms with van der Waals surface area (Å²) in [6.07, 6.45) is 1.68. The molecule has 4 aromatic rings. The van der Waals surface area contributed by atoms with Crippen LogP contribution in [0, 0.1) is 0 Å². The number of piperazine rings is 1. The molecule has 0 bridgehead atoms. The predicted molar refractivity (Wildman–Crippen MR) is 159 cm³/mol. The summed E-state index contributed by atoms with van der Waals surface area (Å²) in [5, 5.41) is 4.65. The Labute approximate surface area is 243 Å². The number of benzene rings is 3. The van der Waals surface area contributed by atoms with Crippen molar-refractivity contribution in [3.8, 4) is 11.3 Å². The minimum atomic E-state index is -0.293. The highest BCUT2D eigenvalue weighted by Crippen LogP contribution is 2.34. The second-order valence-corrected chi connectivity index (χ2v) is 10.7. The molecule has 1 fully saturated rings. The first kappa shape index (κ1) is 28.0. The number of carbonyl (C=O) groups excluding carboxylic acids is 2. The fourth-order valence-electron chi connectivity index (χ4n) is 4.69. The summed E-state index contributed by atoms with van der Waals surface area (Å²) < 4.78 is 11.6. The molecule has 0 unspecified atom stereocenters. The minimum Gasteiger partial charge on any atom is -0.456 e. The molecule has 208 valence electrons. The zero-order valence-corrected chi connectivity index (χ0v) is 23.8. The van der Waals surface area contributed by atoms with Crippen LogP contribution in [0.3, 0.4) is 0 Å². The molecule has 0 atom stereocenters. The Kier molecular flexibility index (Phi) is 8.94. The number of para-hydroxylation sites is 1. The van der Waals surface area contributed by atoms with Crippen LogP contribution in [-0.2, 0) is 11.3 Å². The number of nitrogens with zero attached hydrogens (tertiary/aromatic N) is 2. The van der Waals surface area contributed by atoms with Gasteiger partial charge in [-0.3, -0.25) is 9.69 Å². The van der Waals surface area contributed by atoms with Crippen LogP contribution >= 0.6 is 23.2 Å². The van der Waals surface area contributed by atoms with Gasteiger partial charge in [0, 0.05) is 49.2 Å². The number of halogens is 2. The van der Waals surface area contributed by atoms with Crippen LogP contribution in [0.15, 0.2) is 71.1 Å². The zero-order valence-electron chi connectivity index (χ0n) is 22.3. The lowest BCUT2D eigenvalue weighted by Crippen LogP contribution is -2.48. The van der Waals surface area contributed by atoms with Crippen molar-refractivity contribution in [1.29, 1.82) is 0 Å². The van der Waals surface area contributed by atoms with Gasteiger partial charge in [-0.05, 0) is 54.4 Å². The molecule has 0 radical (unpaired) electrons. The van der Waals surface area contributed by atoms with Crippen LogP contribution in [0.1, 0.15) is 35.7 Å². The lowest BCUT2D eigenvalue weighted by atomic mass is 10.1. The molecule has 0 aliphatic carbocycles. The molecule has 0 saturated carbocycles. The van der Waals surface area contributed by atoms with Gasteiger partial charge in [-0.25, -0.2) is 4.79 Å². The molecule has 5 rings (SSSR count). The van der Waals surface area contributed by atoms with Crippen LogP contribution in [0.4, 0.5) is 10.5 Å². The Bertz CT molecular complexity index is 1510. The largest absolute Gasteiger partial charge is 0.456 e. The third-order valence-electron chi connectivity index (χ3n) is 6.97. The van der Waals surface area contributed by atoms with E-state index in [1.807, 2.05) is 30.3 Å². The van der Waals surface area contributed by atoms with Crippen LogP contribution in [0.5, 0.6) is 0 Å². The van der Waals surface area contributed by atoms with Crippen molar-refractivity contribution < 1.29 is 18.7 Å². The van der Waals surface area contributed by atoms with E-state index in [0.717, 1.165) is 54.6 Å². The quantitative estimate of drug-likeness (QED) is 0.216. The molecule has 1 saturated heterocycles. The second kappa shape index (κ2) is 12.8. The average molecular weight is 581 g/mol. The number of fused-ring (bicyclic) bond motifs is 1. The van der Waals surface area contributed by atoms with Gasteiger partial charge in [0.2, 0.25) is 0 Å². The number of hydrogen-bond donors (Lipinski definition) is 1. The number of ether oxygens (including phenoxy) is 1. The van der Waals surface area contributed by atoms with E-state index in [1.165, 1.54) is 0 Å². The molecule has 2 amide bonds. The maximum Gasteiger partial charge on any atom is 0.409 e. The molecule has 40 heavy (non-hydrogen) atoms. The lowest BCUT2D eigenvalue weighted by Gasteiger charge is -2.34. The van der Waals surface area contributed by atoms with E-state index in [-0.39, 0.29) is 12.0 Å². The topological polar surface area (TPSA) is 75.0 Å². The number of anilines is 1. The van der Waals surface area contributed by atoms with E-state index in [4.69, 9.17) is 32.4 Å². The Balaban J connectivity index is 1.25. The number of nitrogens with one attached hydrogen (secondary N) is 1. The Morgan fingerprint density at radius 3 is 2.52 bits per heavy atom. The maximum atomic E-state index is 12.9. The van der Waals surface area contributed by atoms with Gasteiger partial charge in [0.05, 0.1) is 22.3 Å². The number of rotatable bonds is 8. The summed E-state index contributed by atoms with van der Waals surface area (Å²) >= 11 is 12.1. The Morgan fingerprint density at radius 2 is 1.75 bits per heavy atom. The number of amides is 2. The number of unbranched alkanes of at least 4 members (excludes halogenated alkanes) is 1. The van der Waals surface area contributed by atoms with Crippen molar-refractivity contribution in [2.24, 2.45) is 0 Å².